The van der Waals surface area contributed by atoms with Crippen LogP contribution in [0.2, 0.25) is 0 Å². The molecular formula is C24H36. The Morgan fingerprint density at radius 1 is 0.875 bits per heavy atom. The Morgan fingerprint density at radius 2 is 1.46 bits per heavy atom. The van der Waals surface area contributed by atoms with Gasteiger partial charge < -0.3 is 0 Å². The highest BCUT2D eigenvalue weighted by atomic mass is 14.3. The van der Waals surface area contributed by atoms with Crippen molar-refractivity contribution in [2.75, 3.05) is 0 Å². The second-order valence-corrected chi connectivity index (χ2v) is 9.74. The Labute approximate surface area is 150 Å². The summed E-state index contributed by atoms with van der Waals surface area (Å²) in [6, 6.07) is 6.92. The summed E-state index contributed by atoms with van der Waals surface area (Å²) < 4.78 is 0. The van der Waals surface area contributed by atoms with Gasteiger partial charge in [0.1, 0.15) is 0 Å². The van der Waals surface area contributed by atoms with Gasteiger partial charge in [0, 0.05) is 0 Å². The molecule has 1 aromatic carbocycles. The molecule has 0 bridgehead atoms. The largest absolute Gasteiger partial charge is 0.0991 e. The van der Waals surface area contributed by atoms with Gasteiger partial charge in [-0.1, -0.05) is 111 Å². The molecule has 1 rings (SSSR count). The predicted octanol–water partition coefficient (Wildman–Crippen LogP) is 7.45. The molecule has 0 radical (unpaired) electrons. The molecule has 0 atom stereocenters. The van der Waals surface area contributed by atoms with E-state index >= 15 is 0 Å². The first-order chi connectivity index (χ1) is 10.8. The first-order valence-electron chi connectivity index (χ1n) is 8.93. The first-order valence-corrected chi connectivity index (χ1v) is 8.93. The van der Waals surface area contributed by atoms with E-state index in [9.17, 15) is 0 Å². The summed E-state index contributed by atoms with van der Waals surface area (Å²) in [5.74, 6) is 0. The van der Waals surface area contributed by atoms with Crippen LogP contribution in [0.15, 0.2) is 48.6 Å². The van der Waals surface area contributed by atoms with E-state index in [2.05, 4.69) is 105 Å². The predicted molar refractivity (Wildman–Crippen MR) is 111 cm³/mol. The van der Waals surface area contributed by atoms with Gasteiger partial charge in [0.25, 0.3) is 0 Å². The maximum absolute atomic E-state index is 3.85. The van der Waals surface area contributed by atoms with Crippen LogP contribution in [0.1, 0.15) is 79.0 Å². The Morgan fingerprint density at radius 3 is 1.88 bits per heavy atom. The molecular weight excluding hydrogens is 288 g/mol. The highest BCUT2D eigenvalue weighted by Crippen LogP contribution is 2.33. The minimum absolute atomic E-state index is 0.109. The third-order valence-corrected chi connectivity index (χ3v) is 4.33. The highest BCUT2D eigenvalue weighted by Gasteiger charge is 2.21. The molecule has 0 saturated heterocycles. The summed E-state index contributed by atoms with van der Waals surface area (Å²) in [6.07, 6.45) is 8.48. The van der Waals surface area contributed by atoms with Crippen molar-refractivity contribution in [1.29, 1.82) is 0 Å². The van der Waals surface area contributed by atoms with Crippen molar-refractivity contribution in [3.63, 3.8) is 0 Å². The van der Waals surface area contributed by atoms with Crippen LogP contribution in [-0.4, -0.2) is 0 Å². The van der Waals surface area contributed by atoms with Crippen molar-refractivity contribution >= 4 is 6.08 Å². The molecule has 0 heterocycles. The molecule has 0 aliphatic carbocycles. The lowest BCUT2D eigenvalue weighted by Gasteiger charge is -2.27. The van der Waals surface area contributed by atoms with Gasteiger partial charge in [0.2, 0.25) is 0 Å². The monoisotopic (exact) mass is 324 g/mol. The van der Waals surface area contributed by atoms with E-state index < -0.39 is 0 Å². The van der Waals surface area contributed by atoms with Gasteiger partial charge >= 0.3 is 0 Å². The molecule has 0 aliphatic rings. The molecule has 0 saturated carbocycles. The maximum Gasteiger partial charge on any atom is -0.0126 e. The highest BCUT2D eigenvalue weighted by molar-refractivity contribution is 5.60. The lowest BCUT2D eigenvalue weighted by molar-refractivity contribution is 0.517. The fourth-order valence-corrected chi connectivity index (χ4v) is 2.68. The minimum atomic E-state index is 0.109. The summed E-state index contributed by atoms with van der Waals surface area (Å²) in [4.78, 5) is 0. The normalized spacial score (nSPS) is 14.3. The van der Waals surface area contributed by atoms with Crippen LogP contribution in [0.25, 0.3) is 6.08 Å². The molecule has 132 valence electrons. The lowest BCUT2D eigenvalue weighted by atomic mass is 9.78. The molecule has 24 heavy (non-hydrogen) atoms. The standard InChI is InChI=1S/C24H36/c1-11-12-19(22(2,3)4)15-13-18-14-16-20(23(5,6)7)17-21(18)24(8,9)10/h11-17H,1H2,2-10H3/b15-13-,19-12+. The lowest BCUT2D eigenvalue weighted by Crippen LogP contribution is -2.17. The number of benzene rings is 1. The smallest absolute Gasteiger partial charge is 0.0126 e. The first kappa shape index (κ1) is 20.5. The zero-order valence-corrected chi connectivity index (χ0v) is 17.2. The maximum atomic E-state index is 3.85. The fraction of sp³-hybridized carbons (Fsp3) is 0.500. The quantitative estimate of drug-likeness (QED) is 0.506. The number of allylic oxidation sites excluding steroid dienone is 4. The van der Waals surface area contributed by atoms with Crippen LogP contribution >= 0.6 is 0 Å². The van der Waals surface area contributed by atoms with E-state index in [0.29, 0.717) is 0 Å². The van der Waals surface area contributed by atoms with Crippen LogP contribution < -0.4 is 0 Å². The molecule has 0 aliphatic heterocycles. The summed E-state index contributed by atoms with van der Waals surface area (Å²) in [7, 11) is 0. The second-order valence-electron chi connectivity index (χ2n) is 9.74. The Kier molecular flexibility index (Phi) is 6.09. The molecule has 1 aromatic rings. The number of hydrogen-bond acceptors (Lipinski definition) is 0. The van der Waals surface area contributed by atoms with Crippen LogP contribution in [0, 0.1) is 5.41 Å². The molecule has 0 spiro atoms. The Hall–Kier alpha value is -1.56. The van der Waals surface area contributed by atoms with Gasteiger partial charge in [-0.2, -0.15) is 0 Å². The SMILES string of the molecule is C=C/C=C(\C=C/c1ccc(C(C)(C)C)cc1C(C)(C)C)C(C)(C)C. The average molecular weight is 325 g/mol. The molecule has 0 amide bonds. The zero-order valence-electron chi connectivity index (χ0n) is 17.2. The van der Waals surface area contributed by atoms with E-state index in [1.807, 2.05) is 6.08 Å². The van der Waals surface area contributed by atoms with Gasteiger partial charge in [0.15, 0.2) is 0 Å². The van der Waals surface area contributed by atoms with Gasteiger partial charge in [-0.3, -0.25) is 0 Å². The van der Waals surface area contributed by atoms with Crippen molar-refractivity contribution in [2.45, 2.75) is 73.1 Å². The molecule has 0 N–H and O–H groups in total. The van der Waals surface area contributed by atoms with Crippen molar-refractivity contribution in [3.8, 4) is 0 Å². The topological polar surface area (TPSA) is 0 Å². The third kappa shape index (κ3) is 5.51. The van der Waals surface area contributed by atoms with Crippen molar-refractivity contribution in [3.05, 3.63) is 65.3 Å². The fourth-order valence-electron chi connectivity index (χ4n) is 2.68. The summed E-state index contributed by atoms with van der Waals surface area (Å²) in [6.45, 7) is 24.2. The molecule has 0 unspecified atom stereocenters. The van der Waals surface area contributed by atoms with Crippen molar-refractivity contribution in [2.24, 2.45) is 5.41 Å². The molecule has 0 heteroatoms. The molecule has 0 nitrogen and oxygen atoms in total. The van der Waals surface area contributed by atoms with Crippen LogP contribution in [0.5, 0.6) is 0 Å². The Bertz CT molecular complexity index is 632. The van der Waals surface area contributed by atoms with E-state index in [1.54, 1.807) is 0 Å². The van der Waals surface area contributed by atoms with E-state index in [1.165, 1.54) is 22.3 Å². The number of hydrogen-bond donors (Lipinski definition) is 0. The van der Waals surface area contributed by atoms with Gasteiger partial charge in [-0.05, 0) is 38.5 Å². The van der Waals surface area contributed by atoms with Crippen LogP contribution in [0.4, 0.5) is 0 Å². The van der Waals surface area contributed by atoms with E-state index in [4.69, 9.17) is 0 Å². The summed E-state index contributed by atoms with van der Waals surface area (Å²) in [5.41, 5.74) is 5.78. The van der Waals surface area contributed by atoms with Crippen molar-refractivity contribution in [1.82, 2.24) is 0 Å². The average Bonchev–Trinajstić information content (AvgIpc) is 2.39. The van der Waals surface area contributed by atoms with E-state index in [-0.39, 0.29) is 16.2 Å². The van der Waals surface area contributed by atoms with Crippen molar-refractivity contribution < 1.29 is 0 Å². The van der Waals surface area contributed by atoms with Gasteiger partial charge in [-0.25, -0.2) is 0 Å². The van der Waals surface area contributed by atoms with Crippen LogP contribution in [-0.2, 0) is 10.8 Å². The number of rotatable bonds is 3. The Balaban J connectivity index is 3.41. The zero-order chi connectivity index (χ0) is 18.8. The van der Waals surface area contributed by atoms with Gasteiger partial charge in [-0.15, -0.1) is 0 Å². The van der Waals surface area contributed by atoms with E-state index in [0.717, 1.165) is 0 Å². The third-order valence-electron chi connectivity index (χ3n) is 4.33. The van der Waals surface area contributed by atoms with Gasteiger partial charge in [0.05, 0.1) is 0 Å². The summed E-state index contributed by atoms with van der Waals surface area (Å²) in [5, 5.41) is 0. The molecule has 0 fully saturated rings. The second kappa shape index (κ2) is 7.13. The minimum Gasteiger partial charge on any atom is -0.0991 e. The molecule has 0 aromatic heterocycles. The summed E-state index contributed by atoms with van der Waals surface area (Å²) >= 11 is 0. The van der Waals surface area contributed by atoms with Crippen LogP contribution in [0.3, 0.4) is 0 Å².